The number of ketones is 1. The number of ether oxygens (including phenoxy) is 2. The summed E-state index contributed by atoms with van der Waals surface area (Å²) in [5.74, 6) is -0.714. The van der Waals surface area contributed by atoms with E-state index in [1.807, 2.05) is 19.1 Å². The molecule has 0 heterocycles. The van der Waals surface area contributed by atoms with Crippen molar-refractivity contribution in [2.45, 2.75) is 19.9 Å². The highest BCUT2D eigenvalue weighted by molar-refractivity contribution is 6.30. The highest BCUT2D eigenvalue weighted by Gasteiger charge is 2.12. The number of rotatable bonds is 8. The van der Waals surface area contributed by atoms with Gasteiger partial charge in [-0.2, -0.15) is 0 Å². The van der Waals surface area contributed by atoms with E-state index in [2.05, 4.69) is 5.32 Å². The fraction of sp³-hybridized carbons (Fsp3) is 0.250. The molecule has 0 saturated heterocycles. The van der Waals surface area contributed by atoms with Gasteiger partial charge < -0.3 is 14.8 Å². The zero-order valence-corrected chi connectivity index (χ0v) is 15.8. The lowest BCUT2D eigenvalue weighted by atomic mass is 10.1. The molecule has 0 aliphatic carbocycles. The second-order valence-corrected chi connectivity index (χ2v) is 6.31. The second kappa shape index (κ2) is 9.73. The van der Waals surface area contributed by atoms with Gasteiger partial charge in [-0.3, -0.25) is 9.59 Å². The van der Waals surface area contributed by atoms with Gasteiger partial charge in [0.05, 0.1) is 6.04 Å². The Bertz CT molecular complexity index is 802. The largest absolute Gasteiger partial charge is 0.482 e. The van der Waals surface area contributed by atoms with E-state index in [0.29, 0.717) is 16.3 Å². The van der Waals surface area contributed by atoms with Gasteiger partial charge in [-0.1, -0.05) is 23.7 Å². The highest BCUT2D eigenvalue weighted by Crippen LogP contribution is 2.16. The Hall–Kier alpha value is -2.86. The van der Waals surface area contributed by atoms with E-state index in [0.717, 1.165) is 5.56 Å². The quantitative estimate of drug-likeness (QED) is 0.553. The van der Waals surface area contributed by atoms with E-state index in [1.54, 1.807) is 36.4 Å². The third-order valence-corrected chi connectivity index (χ3v) is 3.98. The van der Waals surface area contributed by atoms with Crippen molar-refractivity contribution in [3.05, 3.63) is 64.7 Å². The summed E-state index contributed by atoms with van der Waals surface area (Å²) >= 11 is 5.83. The van der Waals surface area contributed by atoms with Crippen LogP contribution in [0.25, 0.3) is 0 Å². The Morgan fingerprint density at radius 2 is 1.63 bits per heavy atom. The zero-order valence-electron chi connectivity index (χ0n) is 15.0. The smallest absolute Gasteiger partial charge is 0.344 e. The normalized spacial score (nSPS) is 11.4. The third kappa shape index (κ3) is 6.75. The van der Waals surface area contributed by atoms with Crippen molar-refractivity contribution in [2.24, 2.45) is 0 Å². The minimum Gasteiger partial charge on any atom is -0.482 e. The van der Waals surface area contributed by atoms with Crippen molar-refractivity contribution in [1.82, 2.24) is 5.32 Å². The first kappa shape index (κ1) is 20.5. The molecule has 7 heteroatoms. The lowest BCUT2D eigenvalue weighted by molar-refractivity contribution is -0.150. The molecule has 2 rings (SSSR count). The Balaban J connectivity index is 1.72. The van der Waals surface area contributed by atoms with Crippen molar-refractivity contribution in [2.75, 3.05) is 13.2 Å². The van der Waals surface area contributed by atoms with Gasteiger partial charge >= 0.3 is 5.97 Å². The van der Waals surface area contributed by atoms with E-state index in [1.165, 1.54) is 6.92 Å². The van der Waals surface area contributed by atoms with Crippen molar-refractivity contribution >= 4 is 29.3 Å². The summed E-state index contributed by atoms with van der Waals surface area (Å²) in [5.41, 5.74) is 1.44. The number of halogens is 1. The molecule has 0 fully saturated rings. The average molecular weight is 390 g/mol. The summed E-state index contributed by atoms with van der Waals surface area (Å²) in [6.45, 7) is 2.55. The van der Waals surface area contributed by atoms with Gasteiger partial charge in [0.1, 0.15) is 5.75 Å². The molecule has 0 saturated carbocycles. The molecule has 1 N–H and O–H groups in total. The third-order valence-electron chi connectivity index (χ3n) is 3.73. The standard InChI is InChI=1S/C20H20ClNO5/c1-13(15-3-7-17(21)8-4-15)22-19(24)11-27-20(25)12-26-18-9-5-16(6-10-18)14(2)23/h3-10,13H,11-12H2,1-2H3,(H,22,24)/t13-/m0/s1. The molecule has 2 aromatic rings. The lowest BCUT2D eigenvalue weighted by Gasteiger charge is -2.14. The molecule has 0 radical (unpaired) electrons. The summed E-state index contributed by atoms with van der Waals surface area (Å²) in [6.07, 6.45) is 0. The molecule has 1 amide bonds. The van der Waals surface area contributed by atoms with Crippen LogP contribution in [0.15, 0.2) is 48.5 Å². The molecule has 0 unspecified atom stereocenters. The second-order valence-electron chi connectivity index (χ2n) is 5.87. The molecule has 0 aliphatic heterocycles. The van der Waals surface area contributed by atoms with Gasteiger partial charge in [0.15, 0.2) is 19.0 Å². The summed E-state index contributed by atoms with van der Waals surface area (Å²) in [6, 6.07) is 13.2. The molecule has 2 aromatic carbocycles. The summed E-state index contributed by atoms with van der Waals surface area (Å²) in [4.78, 5) is 34.8. The van der Waals surface area contributed by atoms with Gasteiger partial charge in [0, 0.05) is 10.6 Å². The van der Waals surface area contributed by atoms with Crippen molar-refractivity contribution in [3.8, 4) is 5.75 Å². The Morgan fingerprint density at radius 1 is 1.00 bits per heavy atom. The van der Waals surface area contributed by atoms with Gasteiger partial charge in [0.25, 0.3) is 5.91 Å². The average Bonchev–Trinajstić information content (AvgIpc) is 2.65. The van der Waals surface area contributed by atoms with Crippen LogP contribution in [0, 0.1) is 0 Å². The van der Waals surface area contributed by atoms with Gasteiger partial charge in [0.2, 0.25) is 0 Å². The van der Waals surface area contributed by atoms with Crippen LogP contribution < -0.4 is 10.1 Å². The number of amides is 1. The van der Waals surface area contributed by atoms with Crippen LogP contribution in [0.4, 0.5) is 0 Å². The van der Waals surface area contributed by atoms with Gasteiger partial charge in [-0.05, 0) is 55.8 Å². The van der Waals surface area contributed by atoms with E-state index >= 15 is 0 Å². The van der Waals surface area contributed by atoms with Gasteiger partial charge in [-0.25, -0.2) is 4.79 Å². The zero-order chi connectivity index (χ0) is 19.8. The van der Waals surface area contributed by atoms with Crippen LogP contribution in [-0.4, -0.2) is 30.9 Å². The summed E-state index contributed by atoms with van der Waals surface area (Å²) < 4.78 is 10.2. The fourth-order valence-electron chi connectivity index (χ4n) is 2.23. The van der Waals surface area contributed by atoms with Gasteiger partial charge in [-0.15, -0.1) is 0 Å². The van der Waals surface area contributed by atoms with Crippen LogP contribution >= 0.6 is 11.6 Å². The SMILES string of the molecule is CC(=O)c1ccc(OCC(=O)OCC(=O)N[C@@H](C)c2ccc(Cl)cc2)cc1. The number of hydrogen-bond donors (Lipinski definition) is 1. The number of nitrogens with one attached hydrogen (secondary N) is 1. The van der Waals surface area contributed by atoms with Crippen molar-refractivity contribution in [3.63, 3.8) is 0 Å². The van der Waals surface area contributed by atoms with Crippen LogP contribution in [0.1, 0.15) is 35.8 Å². The maximum absolute atomic E-state index is 11.9. The molecule has 0 aromatic heterocycles. The molecular weight excluding hydrogens is 370 g/mol. The number of carbonyl (C=O) groups is 3. The molecule has 0 aliphatic rings. The minimum absolute atomic E-state index is 0.0557. The molecule has 1 atom stereocenters. The molecule has 0 spiro atoms. The maximum atomic E-state index is 11.9. The molecule has 142 valence electrons. The van der Waals surface area contributed by atoms with E-state index < -0.39 is 18.5 Å². The number of carbonyl (C=O) groups excluding carboxylic acids is 3. The Kier molecular flexibility index (Phi) is 7.37. The first-order valence-corrected chi connectivity index (χ1v) is 8.67. The monoisotopic (exact) mass is 389 g/mol. The predicted molar refractivity (Wildman–Crippen MR) is 101 cm³/mol. The number of Topliss-reactive ketones (excluding diaryl/α,β-unsaturated/α-hetero) is 1. The highest BCUT2D eigenvalue weighted by atomic mass is 35.5. The van der Waals surface area contributed by atoms with Crippen molar-refractivity contribution in [1.29, 1.82) is 0 Å². The van der Waals surface area contributed by atoms with Crippen LogP contribution in [-0.2, 0) is 14.3 Å². The minimum atomic E-state index is -0.667. The lowest BCUT2D eigenvalue weighted by Crippen LogP contribution is -2.31. The predicted octanol–water partition coefficient (Wildman–Crippen LogP) is 3.34. The molecule has 0 bridgehead atoms. The Labute approximate surface area is 162 Å². The first-order chi connectivity index (χ1) is 12.8. The summed E-state index contributed by atoms with van der Waals surface area (Å²) in [7, 11) is 0. The van der Waals surface area contributed by atoms with Crippen molar-refractivity contribution < 1.29 is 23.9 Å². The van der Waals surface area contributed by atoms with E-state index in [9.17, 15) is 14.4 Å². The molecule has 6 nitrogen and oxygen atoms in total. The maximum Gasteiger partial charge on any atom is 0.344 e. The van der Waals surface area contributed by atoms with Crippen LogP contribution in [0.5, 0.6) is 5.75 Å². The Morgan fingerprint density at radius 3 is 2.22 bits per heavy atom. The topological polar surface area (TPSA) is 81.7 Å². The van der Waals surface area contributed by atoms with E-state index in [4.69, 9.17) is 21.1 Å². The summed E-state index contributed by atoms with van der Waals surface area (Å²) in [5, 5.41) is 3.34. The first-order valence-electron chi connectivity index (χ1n) is 8.29. The fourth-order valence-corrected chi connectivity index (χ4v) is 2.36. The van der Waals surface area contributed by atoms with Crippen LogP contribution in [0.3, 0.4) is 0 Å². The number of esters is 1. The molecule has 27 heavy (non-hydrogen) atoms. The molecular formula is C20H20ClNO5. The number of benzene rings is 2. The number of hydrogen-bond acceptors (Lipinski definition) is 5. The van der Waals surface area contributed by atoms with Crippen LogP contribution in [0.2, 0.25) is 5.02 Å². The van der Waals surface area contributed by atoms with E-state index in [-0.39, 0.29) is 18.4 Å².